The summed E-state index contributed by atoms with van der Waals surface area (Å²) < 4.78 is 29.7. The van der Waals surface area contributed by atoms with Crippen molar-refractivity contribution < 1.29 is 18.0 Å². The Balaban J connectivity index is 1.82. The van der Waals surface area contributed by atoms with Crippen LogP contribution in [0.15, 0.2) is 108 Å². The smallest absolute Gasteiger partial charge is 0.264 e. The van der Waals surface area contributed by atoms with Crippen LogP contribution in [0.5, 0.6) is 0 Å². The SMILES string of the molecule is Cc1ccc(S(=O)(=O)N(CC(=O)N(Cc2ccccc2)C(Cc2ccccc2)C(=O)NC(C)C)c2cc(C)ccc2C)cc1. The maximum absolute atomic E-state index is 14.5. The van der Waals surface area contributed by atoms with Gasteiger partial charge < -0.3 is 10.2 Å². The first-order chi connectivity index (χ1) is 21.0. The lowest BCUT2D eigenvalue weighted by molar-refractivity contribution is -0.140. The van der Waals surface area contributed by atoms with E-state index in [-0.39, 0.29) is 29.8 Å². The molecule has 0 bridgehead atoms. The van der Waals surface area contributed by atoms with Gasteiger partial charge in [0.1, 0.15) is 12.6 Å². The van der Waals surface area contributed by atoms with Crippen molar-refractivity contribution in [3.63, 3.8) is 0 Å². The Morgan fingerprint density at radius 3 is 1.91 bits per heavy atom. The molecule has 0 fully saturated rings. The summed E-state index contributed by atoms with van der Waals surface area (Å²) in [6, 6.07) is 30.1. The van der Waals surface area contributed by atoms with E-state index in [4.69, 9.17) is 0 Å². The van der Waals surface area contributed by atoms with Gasteiger partial charge >= 0.3 is 0 Å². The van der Waals surface area contributed by atoms with Crippen LogP contribution in [-0.4, -0.2) is 43.8 Å². The molecule has 0 aliphatic rings. The van der Waals surface area contributed by atoms with Crippen molar-refractivity contribution in [2.24, 2.45) is 0 Å². The zero-order valence-corrected chi connectivity index (χ0v) is 26.8. The van der Waals surface area contributed by atoms with E-state index in [9.17, 15) is 18.0 Å². The van der Waals surface area contributed by atoms with E-state index in [1.54, 1.807) is 30.3 Å². The van der Waals surface area contributed by atoms with Gasteiger partial charge in [0.2, 0.25) is 11.8 Å². The van der Waals surface area contributed by atoms with Crippen LogP contribution in [0.4, 0.5) is 5.69 Å². The molecule has 230 valence electrons. The second-order valence-corrected chi connectivity index (χ2v) is 13.4. The van der Waals surface area contributed by atoms with Crippen LogP contribution in [0, 0.1) is 20.8 Å². The monoisotopic (exact) mass is 611 g/mol. The number of amides is 2. The average molecular weight is 612 g/mol. The average Bonchev–Trinajstić information content (AvgIpc) is 2.99. The third-order valence-corrected chi connectivity index (χ3v) is 9.19. The number of hydrogen-bond donors (Lipinski definition) is 1. The molecule has 7 nitrogen and oxygen atoms in total. The van der Waals surface area contributed by atoms with Gasteiger partial charge in [0.05, 0.1) is 10.6 Å². The molecule has 0 aliphatic carbocycles. The number of aryl methyl sites for hydroxylation is 3. The molecule has 0 heterocycles. The van der Waals surface area contributed by atoms with Crippen molar-refractivity contribution in [1.29, 1.82) is 0 Å². The number of carbonyl (C=O) groups excluding carboxylic acids is 2. The Kier molecular flexibility index (Phi) is 10.6. The molecule has 2 amide bonds. The molecular formula is C36H41N3O4S. The topological polar surface area (TPSA) is 86.8 Å². The summed E-state index contributed by atoms with van der Waals surface area (Å²) in [5, 5.41) is 2.98. The van der Waals surface area contributed by atoms with Crippen LogP contribution in [0.2, 0.25) is 0 Å². The Labute approximate surface area is 261 Å². The van der Waals surface area contributed by atoms with Gasteiger partial charge in [-0.2, -0.15) is 0 Å². The van der Waals surface area contributed by atoms with Crippen molar-refractivity contribution in [3.05, 3.63) is 131 Å². The van der Waals surface area contributed by atoms with Crippen LogP contribution in [0.3, 0.4) is 0 Å². The molecule has 4 rings (SSSR count). The largest absolute Gasteiger partial charge is 0.352 e. The Morgan fingerprint density at radius 2 is 1.32 bits per heavy atom. The summed E-state index contributed by atoms with van der Waals surface area (Å²) >= 11 is 0. The molecule has 4 aromatic rings. The highest BCUT2D eigenvalue weighted by Gasteiger charge is 2.35. The Bertz CT molecular complexity index is 1670. The van der Waals surface area contributed by atoms with Crippen molar-refractivity contribution in [1.82, 2.24) is 10.2 Å². The maximum Gasteiger partial charge on any atom is 0.264 e. The zero-order valence-electron chi connectivity index (χ0n) is 26.0. The van der Waals surface area contributed by atoms with Crippen molar-refractivity contribution in [2.45, 2.75) is 64.6 Å². The number of benzene rings is 4. The highest BCUT2D eigenvalue weighted by Crippen LogP contribution is 2.29. The molecule has 1 atom stereocenters. The van der Waals surface area contributed by atoms with Gasteiger partial charge in [-0.15, -0.1) is 0 Å². The second kappa shape index (κ2) is 14.4. The predicted octanol–water partition coefficient (Wildman–Crippen LogP) is 5.97. The lowest BCUT2D eigenvalue weighted by Crippen LogP contribution is -2.54. The van der Waals surface area contributed by atoms with Gasteiger partial charge in [-0.05, 0) is 75.1 Å². The first kappa shape index (κ1) is 32.5. The van der Waals surface area contributed by atoms with Crippen molar-refractivity contribution in [2.75, 3.05) is 10.8 Å². The molecule has 4 aromatic carbocycles. The molecule has 0 spiro atoms. The third kappa shape index (κ3) is 8.14. The van der Waals surface area contributed by atoms with E-state index < -0.39 is 28.5 Å². The number of rotatable bonds is 12. The van der Waals surface area contributed by atoms with Gasteiger partial charge in [-0.25, -0.2) is 8.42 Å². The fourth-order valence-corrected chi connectivity index (χ4v) is 6.52. The molecule has 0 saturated heterocycles. The number of nitrogens with one attached hydrogen (secondary N) is 1. The molecule has 0 aliphatic heterocycles. The summed E-state index contributed by atoms with van der Waals surface area (Å²) in [6.07, 6.45) is 0.270. The van der Waals surface area contributed by atoms with Crippen LogP contribution in [0.1, 0.15) is 41.7 Å². The maximum atomic E-state index is 14.5. The molecular weight excluding hydrogens is 570 g/mol. The van der Waals surface area contributed by atoms with E-state index in [0.717, 1.165) is 22.3 Å². The highest BCUT2D eigenvalue weighted by atomic mass is 32.2. The van der Waals surface area contributed by atoms with E-state index in [0.29, 0.717) is 11.3 Å². The molecule has 8 heteroatoms. The zero-order chi connectivity index (χ0) is 31.9. The van der Waals surface area contributed by atoms with Crippen LogP contribution in [0.25, 0.3) is 0 Å². The van der Waals surface area contributed by atoms with Crippen molar-refractivity contribution in [3.8, 4) is 0 Å². The van der Waals surface area contributed by atoms with Crippen LogP contribution in [-0.2, 0) is 32.6 Å². The minimum atomic E-state index is -4.15. The van der Waals surface area contributed by atoms with Gasteiger partial charge in [0, 0.05) is 19.0 Å². The molecule has 0 saturated carbocycles. The summed E-state index contributed by atoms with van der Waals surface area (Å²) in [7, 11) is -4.15. The molecule has 44 heavy (non-hydrogen) atoms. The lowest BCUT2D eigenvalue weighted by Gasteiger charge is -2.34. The predicted molar refractivity (Wildman–Crippen MR) is 176 cm³/mol. The number of nitrogens with zero attached hydrogens (tertiary/aromatic N) is 2. The second-order valence-electron chi connectivity index (χ2n) is 11.5. The van der Waals surface area contributed by atoms with Crippen LogP contribution >= 0.6 is 0 Å². The first-order valence-corrected chi connectivity index (χ1v) is 16.2. The lowest BCUT2D eigenvalue weighted by atomic mass is 10.0. The number of sulfonamides is 1. The van der Waals surface area contributed by atoms with Gasteiger partial charge in [0.25, 0.3) is 10.0 Å². The quantitative estimate of drug-likeness (QED) is 0.214. The normalized spacial score (nSPS) is 12.0. The van der Waals surface area contributed by atoms with E-state index >= 15 is 0 Å². The minimum absolute atomic E-state index is 0.0878. The Morgan fingerprint density at radius 1 is 0.750 bits per heavy atom. The molecule has 1 N–H and O–H groups in total. The standard InChI is InChI=1S/C36H41N3O4S/c1-26(2)37-36(41)34(23-30-12-8-6-9-13-30)38(24-31-14-10-7-11-15-31)35(40)25-39(33-22-28(4)16-19-29(33)5)44(42,43)32-20-17-27(3)18-21-32/h6-22,26,34H,23-25H2,1-5H3,(H,37,41). The summed E-state index contributed by atoms with van der Waals surface area (Å²) in [4.78, 5) is 29.9. The van der Waals surface area contributed by atoms with Crippen LogP contribution < -0.4 is 9.62 Å². The van der Waals surface area contributed by atoms with E-state index in [1.165, 1.54) is 9.21 Å². The van der Waals surface area contributed by atoms with Gasteiger partial charge in [0.15, 0.2) is 0 Å². The molecule has 0 radical (unpaired) electrons. The van der Waals surface area contributed by atoms with Gasteiger partial charge in [-0.1, -0.05) is 90.5 Å². The first-order valence-electron chi connectivity index (χ1n) is 14.8. The number of hydrogen-bond acceptors (Lipinski definition) is 4. The minimum Gasteiger partial charge on any atom is -0.352 e. The molecule has 1 unspecified atom stereocenters. The number of anilines is 1. The van der Waals surface area contributed by atoms with Crippen molar-refractivity contribution >= 4 is 27.5 Å². The third-order valence-electron chi connectivity index (χ3n) is 7.42. The fraction of sp³-hybridized carbons (Fsp3) is 0.278. The number of carbonyl (C=O) groups is 2. The summed E-state index contributed by atoms with van der Waals surface area (Å²) in [6.45, 7) is 9.00. The Hall–Kier alpha value is -4.43. The van der Waals surface area contributed by atoms with E-state index in [1.807, 2.05) is 107 Å². The molecule has 0 aromatic heterocycles. The summed E-state index contributed by atoms with van der Waals surface area (Å²) in [5.41, 5.74) is 4.64. The van der Waals surface area contributed by atoms with E-state index in [2.05, 4.69) is 5.32 Å². The fourth-order valence-electron chi connectivity index (χ4n) is 5.05. The summed E-state index contributed by atoms with van der Waals surface area (Å²) in [5.74, 6) is -0.780. The van der Waals surface area contributed by atoms with Gasteiger partial charge in [-0.3, -0.25) is 13.9 Å². The highest BCUT2D eigenvalue weighted by molar-refractivity contribution is 7.92.